The second-order valence-corrected chi connectivity index (χ2v) is 7.87. The highest BCUT2D eigenvalue weighted by molar-refractivity contribution is 7.11. The van der Waals surface area contributed by atoms with Gasteiger partial charge in [0, 0.05) is 22.0 Å². The molecule has 1 aromatic heterocycles. The van der Waals surface area contributed by atoms with Crippen molar-refractivity contribution in [1.29, 1.82) is 5.41 Å². The Bertz CT molecular complexity index is 839. The first-order valence-electron chi connectivity index (χ1n) is 8.63. The number of hydrogen-bond acceptors (Lipinski definition) is 4. The predicted octanol–water partition coefficient (Wildman–Crippen LogP) is 5.36. The van der Waals surface area contributed by atoms with E-state index in [-0.39, 0.29) is 5.76 Å². The SMILES string of the molecule is N=C1C(c2nc(-c3ccccc3Cl)cs2)=C(O)CN1C1CCCCC1. The summed E-state index contributed by atoms with van der Waals surface area (Å²) in [5, 5.41) is 22.3. The predicted molar refractivity (Wildman–Crippen MR) is 103 cm³/mol. The van der Waals surface area contributed by atoms with Crippen LogP contribution in [0.1, 0.15) is 37.1 Å². The van der Waals surface area contributed by atoms with Crippen molar-refractivity contribution in [1.82, 2.24) is 9.88 Å². The lowest BCUT2D eigenvalue weighted by Crippen LogP contribution is -2.38. The van der Waals surface area contributed by atoms with Crippen LogP contribution in [0.4, 0.5) is 0 Å². The molecule has 4 rings (SSSR count). The number of aromatic nitrogens is 1. The summed E-state index contributed by atoms with van der Waals surface area (Å²) in [4.78, 5) is 6.69. The normalized spacial score (nSPS) is 19.1. The Kier molecular flexibility index (Phi) is 4.52. The van der Waals surface area contributed by atoms with E-state index in [0.29, 0.717) is 34.0 Å². The van der Waals surface area contributed by atoms with Crippen LogP contribution in [0.15, 0.2) is 35.4 Å². The van der Waals surface area contributed by atoms with Crippen LogP contribution in [0.25, 0.3) is 16.8 Å². The van der Waals surface area contributed by atoms with E-state index in [2.05, 4.69) is 4.98 Å². The number of benzene rings is 1. The first-order chi connectivity index (χ1) is 12.1. The van der Waals surface area contributed by atoms with Crippen molar-refractivity contribution in [2.24, 2.45) is 0 Å². The largest absolute Gasteiger partial charge is 0.510 e. The Labute approximate surface area is 156 Å². The number of hydrogen-bond donors (Lipinski definition) is 2. The molecule has 2 N–H and O–H groups in total. The van der Waals surface area contributed by atoms with Crippen molar-refractivity contribution in [3.63, 3.8) is 0 Å². The first kappa shape index (κ1) is 16.6. The molecular weight excluding hydrogens is 354 g/mol. The highest BCUT2D eigenvalue weighted by atomic mass is 35.5. The van der Waals surface area contributed by atoms with E-state index in [1.807, 2.05) is 34.5 Å². The summed E-state index contributed by atoms with van der Waals surface area (Å²) < 4.78 is 0. The maximum Gasteiger partial charge on any atom is 0.135 e. The van der Waals surface area contributed by atoms with Gasteiger partial charge in [-0.2, -0.15) is 0 Å². The van der Waals surface area contributed by atoms with Gasteiger partial charge in [-0.1, -0.05) is 49.1 Å². The molecule has 1 aliphatic carbocycles. The topological polar surface area (TPSA) is 60.2 Å². The van der Waals surface area contributed by atoms with E-state index >= 15 is 0 Å². The van der Waals surface area contributed by atoms with Crippen molar-refractivity contribution in [2.75, 3.05) is 6.54 Å². The van der Waals surface area contributed by atoms with Crippen LogP contribution in [0.2, 0.25) is 5.02 Å². The van der Waals surface area contributed by atoms with E-state index in [1.165, 1.54) is 30.6 Å². The Hall–Kier alpha value is -1.85. The van der Waals surface area contributed by atoms with Crippen LogP contribution in [0.5, 0.6) is 0 Å². The molecule has 130 valence electrons. The van der Waals surface area contributed by atoms with Crippen molar-refractivity contribution in [3.8, 4) is 11.3 Å². The molecule has 0 radical (unpaired) electrons. The van der Waals surface area contributed by atoms with Crippen LogP contribution in [-0.4, -0.2) is 33.4 Å². The molecule has 4 nitrogen and oxygen atoms in total. The zero-order valence-corrected chi connectivity index (χ0v) is 15.4. The van der Waals surface area contributed by atoms with Crippen LogP contribution in [0.3, 0.4) is 0 Å². The summed E-state index contributed by atoms with van der Waals surface area (Å²) >= 11 is 7.71. The molecule has 0 atom stereocenters. The second kappa shape index (κ2) is 6.81. The van der Waals surface area contributed by atoms with Gasteiger partial charge in [0.1, 0.15) is 16.6 Å². The lowest BCUT2D eigenvalue weighted by Gasteiger charge is -2.32. The Morgan fingerprint density at radius 3 is 2.72 bits per heavy atom. The smallest absolute Gasteiger partial charge is 0.135 e. The monoisotopic (exact) mass is 373 g/mol. The van der Waals surface area contributed by atoms with Crippen molar-refractivity contribution < 1.29 is 5.11 Å². The fraction of sp³-hybridized carbons (Fsp3) is 0.368. The first-order valence-corrected chi connectivity index (χ1v) is 9.89. The van der Waals surface area contributed by atoms with Crippen LogP contribution >= 0.6 is 22.9 Å². The number of amidine groups is 1. The summed E-state index contributed by atoms with van der Waals surface area (Å²) in [6.07, 6.45) is 5.89. The molecule has 2 aromatic rings. The number of aliphatic hydroxyl groups is 1. The summed E-state index contributed by atoms with van der Waals surface area (Å²) in [6.45, 7) is 0.430. The van der Waals surface area contributed by atoms with Crippen molar-refractivity contribution in [2.45, 2.75) is 38.1 Å². The minimum absolute atomic E-state index is 0.260. The van der Waals surface area contributed by atoms with E-state index in [0.717, 1.165) is 24.1 Å². The zero-order chi connectivity index (χ0) is 17.4. The van der Waals surface area contributed by atoms with Gasteiger partial charge < -0.3 is 10.0 Å². The van der Waals surface area contributed by atoms with Gasteiger partial charge in [-0.25, -0.2) is 4.98 Å². The summed E-state index contributed by atoms with van der Waals surface area (Å²) in [6, 6.07) is 7.96. The van der Waals surface area contributed by atoms with Crippen molar-refractivity contribution >= 4 is 34.3 Å². The van der Waals surface area contributed by atoms with Gasteiger partial charge in [-0.3, -0.25) is 5.41 Å². The molecule has 1 fully saturated rings. The second-order valence-electron chi connectivity index (χ2n) is 6.61. The minimum atomic E-state index is 0.260. The van der Waals surface area contributed by atoms with E-state index < -0.39 is 0 Å². The molecular formula is C19H20ClN3OS. The third-order valence-electron chi connectivity index (χ3n) is 5.02. The Morgan fingerprint density at radius 2 is 1.96 bits per heavy atom. The van der Waals surface area contributed by atoms with Crippen LogP contribution < -0.4 is 0 Å². The summed E-state index contributed by atoms with van der Waals surface area (Å²) in [5.41, 5.74) is 2.24. The van der Waals surface area contributed by atoms with E-state index in [9.17, 15) is 5.11 Å². The van der Waals surface area contributed by atoms with Gasteiger partial charge in [0.2, 0.25) is 0 Å². The molecule has 2 aliphatic rings. The highest BCUT2D eigenvalue weighted by Gasteiger charge is 2.34. The van der Waals surface area contributed by atoms with Gasteiger partial charge in [0.25, 0.3) is 0 Å². The molecule has 0 spiro atoms. The molecule has 1 aromatic carbocycles. The lowest BCUT2D eigenvalue weighted by molar-refractivity contribution is 0.241. The highest BCUT2D eigenvalue weighted by Crippen LogP contribution is 2.36. The molecule has 1 saturated carbocycles. The van der Waals surface area contributed by atoms with Gasteiger partial charge in [-0.15, -0.1) is 11.3 Å². The molecule has 1 aliphatic heterocycles. The van der Waals surface area contributed by atoms with Gasteiger partial charge >= 0.3 is 0 Å². The van der Waals surface area contributed by atoms with Crippen molar-refractivity contribution in [3.05, 3.63) is 45.4 Å². The molecule has 0 unspecified atom stereocenters. The standard InChI is InChI=1S/C19H20ClN3OS/c20-14-9-5-4-8-13(14)15-11-25-19(22-15)17-16(24)10-23(18(17)21)12-6-2-1-3-7-12/h4-5,8-9,11-12,21,24H,1-3,6-7,10H2. The van der Waals surface area contributed by atoms with Crippen LogP contribution in [-0.2, 0) is 0 Å². The van der Waals surface area contributed by atoms with Gasteiger partial charge in [0.15, 0.2) is 0 Å². The maximum atomic E-state index is 10.5. The number of nitrogens with zero attached hydrogens (tertiary/aromatic N) is 2. The van der Waals surface area contributed by atoms with E-state index in [1.54, 1.807) is 0 Å². The maximum absolute atomic E-state index is 10.5. The number of aliphatic hydroxyl groups excluding tert-OH is 1. The minimum Gasteiger partial charge on any atom is -0.510 e. The summed E-state index contributed by atoms with van der Waals surface area (Å²) in [7, 11) is 0. The molecule has 25 heavy (non-hydrogen) atoms. The van der Waals surface area contributed by atoms with Crippen LogP contribution in [0, 0.1) is 5.41 Å². The number of nitrogens with one attached hydrogen (secondary N) is 1. The third kappa shape index (κ3) is 3.07. The fourth-order valence-corrected chi connectivity index (χ4v) is 4.83. The van der Waals surface area contributed by atoms with Gasteiger partial charge in [-0.05, 0) is 18.9 Å². The Balaban J connectivity index is 1.61. The molecule has 6 heteroatoms. The number of thiazole rings is 1. The lowest BCUT2D eigenvalue weighted by atomic mass is 9.94. The number of rotatable bonds is 3. The average Bonchev–Trinajstić information content (AvgIpc) is 3.20. The van der Waals surface area contributed by atoms with E-state index in [4.69, 9.17) is 17.0 Å². The average molecular weight is 374 g/mol. The molecule has 2 heterocycles. The molecule has 0 amide bonds. The fourth-order valence-electron chi connectivity index (χ4n) is 3.71. The van der Waals surface area contributed by atoms with Gasteiger partial charge in [0.05, 0.1) is 17.8 Å². The quantitative estimate of drug-likeness (QED) is 0.761. The number of halogens is 1. The molecule has 0 bridgehead atoms. The molecule has 0 saturated heterocycles. The third-order valence-corrected chi connectivity index (χ3v) is 6.21. The Morgan fingerprint density at radius 1 is 1.20 bits per heavy atom. The zero-order valence-electron chi connectivity index (χ0n) is 13.8. The summed E-state index contributed by atoms with van der Waals surface area (Å²) in [5.74, 6) is 0.667.